The lowest BCUT2D eigenvalue weighted by atomic mass is 10.1. The van der Waals surface area contributed by atoms with Crippen molar-refractivity contribution < 1.29 is 19.0 Å². The number of hydrogen-bond donors (Lipinski definition) is 1. The SMILES string of the molecule is COc1cc(OC)c(F)c(C(C)O)c1. The molecule has 1 aromatic carbocycles. The van der Waals surface area contributed by atoms with E-state index in [0.29, 0.717) is 5.75 Å². The van der Waals surface area contributed by atoms with Crippen LogP contribution in [0.4, 0.5) is 4.39 Å². The van der Waals surface area contributed by atoms with Gasteiger partial charge in [-0.2, -0.15) is 0 Å². The van der Waals surface area contributed by atoms with Crippen LogP contribution >= 0.6 is 0 Å². The highest BCUT2D eigenvalue weighted by atomic mass is 19.1. The van der Waals surface area contributed by atoms with Crippen LogP contribution in [-0.4, -0.2) is 19.3 Å². The van der Waals surface area contributed by atoms with Crippen LogP contribution in [0.5, 0.6) is 11.5 Å². The summed E-state index contributed by atoms with van der Waals surface area (Å²) in [4.78, 5) is 0. The number of hydrogen-bond acceptors (Lipinski definition) is 3. The Morgan fingerprint density at radius 1 is 1.29 bits per heavy atom. The highest BCUT2D eigenvalue weighted by Crippen LogP contribution is 2.30. The molecule has 1 rings (SSSR count). The lowest BCUT2D eigenvalue weighted by Gasteiger charge is -2.12. The zero-order valence-corrected chi connectivity index (χ0v) is 8.37. The molecule has 78 valence electrons. The summed E-state index contributed by atoms with van der Waals surface area (Å²) in [5, 5.41) is 9.29. The number of aliphatic hydroxyl groups excluding tert-OH is 1. The highest BCUT2D eigenvalue weighted by molar-refractivity contribution is 5.40. The number of halogens is 1. The quantitative estimate of drug-likeness (QED) is 0.809. The van der Waals surface area contributed by atoms with Crippen molar-refractivity contribution in [2.75, 3.05) is 14.2 Å². The Bertz CT molecular complexity index is 323. The molecule has 1 N–H and O–H groups in total. The fourth-order valence-corrected chi connectivity index (χ4v) is 1.16. The first kappa shape index (κ1) is 10.8. The molecule has 1 unspecified atom stereocenters. The first-order valence-corrected chi connectivity index (χ1v) is 4.19. The number of rotatable bonds is 3. The van der Waals surface area contributed by atoms with E-state index in [0.717, 1.165) is 0 Å². The molecule has 0 aromatic heterocycles. The van der Waals surface area contributed by atoms with Crippen molar-refractivity contribution in [3.8, 4) is 11.5 Å². The summed E-state index contributed by atoms with van der Waals surface area (Å²) in [7, 11) is 2.84. The van der Waals surface area contributed by atoms with Crippen LogP contribution in [0.15, 0.2) is 12.1 Å². The summed E-state index contributed by atoms with van der Waals surface area (Å²) in [6.45, 7) is 1.48. The molecule has 0 spiro atoms. The molecule has 0 amide bonds. The Morgan fingerprint density at radius 3 is 2.36 bits per heavy atom. The molecule has 0 aliphatic carbocycles. The predicted octanol–water partition coefficient (Wildman–Crippen LogP) is 1.90. The molecule has 0 bridgehead atoms. The van der Waals surface area contributed by atoms with E-state index in [1.165, 1.54) is 33.3 Å². The topological polar surface area (TPSA) is 38.7 Å². The minimum atomic E-state index is -0.890. The monoisotopic (exact) mass is 200 g/mol. The minimum Gasteiger partial charge on any atom is -0.497 e. The van der Waals surface area contributed by atoms with Crippen molar-refractivity contribution in [1.82, 2.24) is 0 Å². The summed E-state index contributed by atoms with van der Waals surface area (Å²) in [6, 6.07) is 2.88. The molecule has 1 atom stereocenters. The average molecular weight is 200 g/mol. The fourth-order valence-electron chi connectivity index (χ4n) is 1.16. The van der Waals surface area contributed by atoms with E-state index in [-0.39, 0.29) is 11.3 Å². The number of ether oxygens (including phenoxy) is 2. The van der Waals surface area contributed by atoms with Gasteiger partial charge in [0.15, 0.2) is 11.6 Å². The second kappa shape index (κ2) is 4.28. The summed E-state index contributed by atoms with van der Waals surface area (Å²) in [6.07, 6.45) is -0.890. The van der Waals surface area contributed by atoms with Gasteiger partial charge in [-0.05, 0) is 13.0 Å². The van der Waals surface area contributed by atoms with Gasteiger partial charge in [-0.3, -0.25) is 0 Å². The standard InChI is InChI=1S/C10H13FO3/c1-6(12)8-4-7(13-2)5-9(14-3)10(8)11/h4-6,12H,1-3H3. The zero-order valence-electron chi connectivity index (χ0n) is 8.37. The van der Waals surface area contributed by atoms with Gasteiger partial charge in [-0.15, -0.1) is 0 Å². The molecule has 0 radical (unpaired) electrons. The van der Waals surface area contributed by atoms with Gasteiger partial charge in [-0.1, -0.05) is 0 Å². The maximum absolute atomic E-state index is 13.5. The Labute approximate surface area is 82.1 Å². The second-order valence-corrected chi connectivity index (χ2v) is 2.91. The number of benzene rings is 1. The van der Waals surface area contributed by atoms with Crippen LogP contribution in [0.3, 0.4) is 0 Å². The molecular weight excluding hydrogens is 187 g/mol. The van der Waals surface area contributed by atoms with E-state index in [4.69, 9.17) is 9.47 Å². The maximum atomic E-state index is 13.5. The van der Waals surface area contributed by atoms with Crippen molar-refractivity contribution in [2.45, 2.75) is 13.0 Å². The molecule has 0 saturated heterocycles. The van der Waals surface area contributed by atoms with Crippen molar-refractivity contribution in [1.29, 1.82) is 0 Å². The summed E-state index contributed by atoms with van der Waals surface area (Å²) < 4.78 is 23.3. The van der Waals surface area contributed by atoms with Gasteiger partial charge in [0.1, 0.15) is 5.75 Å². The molecule has 0 aliphatic rings. The smallest absolute Gasteiger partial charge is 0.171 e. The molecular formula is C10H13FO3. The number of aliphatic hydroxyl groups is 1. The Balaban J connectivity index is 3.27. The molecule has 4 heteroatoms. The third kappa shape index (κ3) is 1.96. The lowest BCUT2D eigenvalue weighted by Crippen LogP contribution is -2.00. The third-order valence-corrected chi connectivity index (χ3v) is 1.95. The van der Waals surface area contributed by atoms with Gasteiger partial charge in [-0.25, -0.2) is 4.39 Å². The van der Waals surface area contributed by atoms with Gasteiger partial charge < -0.3 is 14.6 Å². The summed E-state index contributed by atoms with van der Waals surface area (Å²) in [5.41, 5.74) is 0.168. The van der Waals surface area contributed by atoms with Gasteiger partial charge in [0.05, 0.1) is 20.3 Å². The average Bonchev–Trinajstić information content (AvgIpc) is 2.17. The van der Waals surface area contributed by atoms with Crippen LogP contribution in [0.1, 0.15) is 18.6 Å². The molecule has 0 saturated carbocycles. The molecule has 3 nitrogen and oxygen atoms in total. The Morgan fingerprint density at radius 2 is 1.93 bits per heavy atom. The van der Waals surface area contributed by atoms with Crippen molar-refractivity contribution in [2.24, 2.45) is 0 Å². The minimum absolute atomic E-state index is 0.0697. The number of methoxy groups -OCH3 is 2. The van der Waals surface area contributed by atoms with E-state index in [1.54, 1.807) is 0 Å². The van der Waals surface area contributed by atoms with E-state index < -0.39 is 11.9 Å². The first-order valence-electron chi connectivity index (χ1n) is 4.19. The van der Waals surface area contributed by atoms with E-state index >= 15 is 0 Å². The van der Waals surface area contributed by atoms with Crippen LogP contribution < -0.4 is 9.47 Å². The van der Waals surface area contributed by atoms with Gasteiger partial charge >= 0.3 is 0 Å². The van der Waals surface area contributed by atoms with Crippen LogP contribution in [0.2, 0.25) is 0 Å². The molecule has 0 aliphatic heterocycles. The van der Waals surface area contributed by atoms with Crippen molar-refractivity contribution in [3.63, 3.8) is 0 Å². The first-order chi connectivity index (χ1) is 6.60. The Kier molecular flexibility index (Phi) is 3.30. The van der Waals surface area contributed by atoms with Gasteiger partial charge in [0.25, 0.3) is 0 Å². The predicted molar refractivity (Wildman–Crippen MR) is 50.1 cm³/mol. The van der Waals surface area contributed by atoms with Crippen molar-refractivity contribution in [3.05, 3.63) is 23.5 Å². The lowest BCUT2D eigenvalue weighted by molar-refractivity contribution is 0.192. The maximum Gasteiger partial charge on any atom is 0.171 e. The normalized spacial score (nSPS) is 12.4. The molecule has 0 fully saturated rings. The molecule has 0 heterocycles. The van der Waals surface area contributed by atoms with Gasteiger partial charge in [0, 0.05) is 11.6 Å². The zero-order chi connectivity index (χ0) is 10.7. The van der Waals surface area contributed by atoms with Crippen LogP contribution in [-0.2, 0) is 0 Å². The largest absolute Gasteiger partial charge is 0.497 e. The third-order valence-electron chi connectivity index (χ3n) is 1.95. The van der Waals surface area contributed by atoms with Gasteiger partial charge in [0.2, 0.25) is 0 Å². The molecule has 14 heavy (non-hydrogen) atoms. The van der Waals surface area contributed by atoms with E-state index in [9.17, 15) is 9.50 Å². The van der Waals surface area contributed by atoms with Crippen LogP contribution in [0, 0.1) is 5.82 Å². The van der Waals surface area contributed by atoms with Crippen molar-refractivity contribution >= 4 is 0 Å². The van der Waals surface area contributed by atoms with E-state index in [2.05, 4.69) is 0 Å². The molecule has 1 aromatic rings. The van der Waals surface area contributed by atoms with Crippen LogP contribution in [0.25, 0.3) is 0 Å². The highest BCUT2D eigenvalue weighted by Gasteiger charge is 2.15. The summed E-state index contributed by atoms with van der Waals surface area (Å²) >= 11 is 0. The Hall–Kier alpha value is -1.29. The van der Waals surface area contributed by atoms with E-state index in [1.807, 2.05) is 0 Å². The second-order valence-electron chi connectivity index (χ2n) is 2.91. The fraction of sp³-hybridized carbons (Fsp3) is 0.400. The summed E-state index contributed by atoms with van der Waals surface area (Å²) in [5.74, 6) is -0.0253.